The largest absolute Gasteiger partial charge is 0.368 e. The summed E-state index contributed by atoms with van der Waals surface area (Å²) in [6.07, 6.45) is 3.88. The molecule has 0 aliphatic carbocycles. The van der Waals surface area contributed by atoms with Crippen LogP contribution in [0.15, 0.2) is 84.0 Å². The fourth-order valence-electron chi connectivity index (χ4n) is 3.98. The van der Waals surface area contributed by atoms with Gasteiger partial charge in [-0.05, 0) is 61.4 Å². The zero-order chi connectivity index (χ0) is 24.0. The second-order valence-electron chi connectivity index (χ2n) is 8.33. The molecule has 1 aliphatic heterocycles. The number of nitrogens with one attached hydrogen (secondary N) is 1. The molecule has 1 unspecified atom stereocenters. The van der Waals surface area contributed by atoms with Gasteiger partial charge in [0.25, 0.3) is 0 Å². The van der Waals surface area contributed by atoms with Gasteiger partial charge in [0, 0.05) is 73.5 Å². The van der Waals surface area contributed by atoms with E-state index in [0.717, 1.165) is 37.6 Å². The lowest BCUT2D eigenvalue weighted by atomic mass is 10.2. The molecule has 7 nitrogen and oxygen atoms in total. The van der Waals surface area contributed by atoms with E-state index in [0.29, 0.717) is 11.4 Å². The average molecular weight is 478 g/mol. The second-order valence-corrected chi connectivity index (χ2v) is 10.7. The van der Waals surface area contributed by atoms with Crippen LogP contribution in [0.5, 0.6) is 0 Å². The van der Waals surface area contributed by atoms with E-state index in [-0.39, 0.29) is 12.3 Å². The number of carbonyl (C=O) groups excluding carboxylic acids is 1. The third-order valence-electron chi connectivity index (χ3n) is 6.09. The normalized spacial score (nSPS) is 15.7. The summed E-state index contributed by atoms with van der Waals surface area (Å²) in [6.45, 7) is 4.13. The molecule has 1 aliphatic rings. The SMILES string of the molecule is C=S(=O)(c1ccccc1)N(C)CCC(=O)Nc1ccc(N2CCN(c3ccncc3)CC2)cc1. The van der Waals surface area contributed by atoms with Crippen LogP contribution in [0.1, 0.15) is 6.42 Å². The predicted octanol–water partition coefficient (Wildman–Crippen LogP) is 3.36. The molecule has 0 saturated carbocycles. The number of nitrogens with zero attached hydrogens (tertiary/aromatic N) is 4. The Morgan fingerprint density at radius 2 is 1.50 bits per heavy atom. The van der Waals surface area contributed by atoms with Crippen molar-refractivity contribution in [1.82, 2.24) is 9.29 Å². The first-order chi connectivity index (χ1) is 16.4. The van der Waals surface area contributed by atoms with Crippen LogP contribution in [0.25, 0.3) is 0 Å². The highest BCUT2D eigenvalue weighted by atomic mass is 32.2. The van der Waals surface area contributed by atoms with Gasteiger partial charge < -0.3 is 15.1 Å². The van der Waals surface area contributed by atoms with Crippen LogP contribution in [-0.4, -0.2) is 65.0 Å². The number of carbonyl (C=O) groups is 1. The Morgan fingerprint density at radius 3 is 2.09 bits per heavy atom. The monoisotopic (exact) mass is 477 g/mol. The lowest BCUT2D eigenvalue weighted by molar-refractivity contribution is -0.116. The molecule has 2 heterocycles. The summed E-state index contributed by atoms with van der Waals surface area (Å²) in [5.74, 6) is 3.77. The third kappa shape index (κ3) is 5.76. The Morgan fingerprint density at radius 1 is 0.941 bits per heavy atom. The first-order valence-electron chi connectivity index (χ1n) is 11.4. The molecular weight excluding hydrogens is 446 g/mol. The number of hydrogen-bond donors (Lipinski definition) is 1. The van der Waals surface area contributed by atoms with E-state index in [1.54, 1.807) is 23.5 Å². The molecule has 2 aromatic carbocycles. The van der Waals surface area contributed by atoms with E-state index in [2.05, 4.69) is 26.0 Å². The van der Waals surface area contributed by atoms with Crippen molar-refractivity contribution < 1.29 is 9.00 Å². The summed E-state index contributed by atoms with van der Waals surface area (Å²) < 4.78 is 14.7. The highest BCUT2D eigenvalue weighted by Gasteiger charge is 2.18. The number of anilines is 3. The summed E-state index contributed by atoms with van der Waals surface area (Å²) in [7, 11) is -0.871. The molecule has 1 aromatic heterocycles. The first-order valence-corrected chi connectivity index (χ1v) is 13.1. The molecule has 0 bridgehead atoms. The minimum absolute atomic E-state index is 0.117. The van der Waals surface area contributed by atoms with Gasteiger partial charge in [-0.15, -0.1) is 0 Å². The van der Waals surface area contributed by atoms with Crippen LogP contribution < -0.4 is 15.1 Å². The molecule has 1 fully saturated rings. The minimum atomic E-state index is -2.61. The highest BCUT2D eigenvalue weighted by molar-refractivity contribution is 7.98. The molecule has 1 saturated heterocycles. The van der Waals surface area contributed by atoms with Crippen molar-refractivity contribution in [3.05, 3.63) is 79.1 Å². The Bertz CT molecular complexity index is 1180. The van der Waals surface area contributed by atoms with Crippen LogP contribution in [0.4, 0.5) is 17.1 Å². The van der Waals surface area contributed by atoms with Crippen LogP contribution in [0.2, 0.25) is 0 Å². The van der Waals surface area contributed by atoms with Gasteiger partial charge in [0.15, 0.2) is 0 Å². The maximum Gasteiger partial charge on any atom is 0.225 e. The number of amides is 1. The maximum atomic E-state index is 13.0. The van der Waals surface area contributed by atoms with Crippen molar-refractivity contribution in [2.45, 2.75) is 11.3 Å². The van der Waals surface area contributed by atoms with Gasteiger partial charge in [-0.1, -0.05) is 18.2 Å². The van der Waals surface area contributed by atoms with Gasteiger partial charge in [0.1, 0.15) is 0 Å². The van der Waals surface area contributed by atoms with Crippen LogP contribution in [0.3, 0.4) is 0 Å². The van der Waals surface area contributed by atoms with Gasteiger partial charge in [-0.2, -0.15) is 0 Å². The number of benzene rings is 2. The van der Waals surface area contributed by atoms with Crippen molar-refractivity contribution in [2.75, 3.05) is 54.9 Å². The smallest absolute Gasteiger partial charge is 0.225 e. The van der Waals surface area contributed by atoms with Crippen molar-refractivity contribution in [1.29, 1.82) is 0 Å². The van der Waals surface area contributed by atoms with E-state index >= 15 is 0 Å². The number of aromatic nitrogens is 1. The Balaban J connectivity index is 1.25. The first kappa shape index (κ1) is 23.8. The summed E-state index contributed by atoms with van der Waals surface area (Å²) in [4.78, 5) is 21.9. The van der Waals surface area contributed by atoms with E-state index in [4.69, 9.17) is 0 Å². The molecule has 4 rings (SSSR count). The fraction of sp³-hybridized carbons (Fsp3) is 0.269. The lowest BCUT2D eigenvalue weighted by Crippen LogP contribution is -2.46. The van der Waals surface area contributed by atoms with Crippen LogP contribution in [-0.2, 0) is 14.5 Å². The minimum Gasteiger partial charge on any atom is -0.368 e. The van der Waals surface area contributed by atoms with Gasteiger partial charge in [-0.25, -0.2) is 8.51 Å². The molecule has 3 aromatic rings. The third-order valence-corrected chi connectivity index (χ3v) is 8.29. The summed E-state index contributed by atoms with van der Waals surface area (Å²) in [6, 6.07) is 21.2. The lowest BCUT2D eigenvalue weighted by Gasteiger charge is -2.37. The average Bonchev–Trinajstić information content (AvgIpc) is 2.89. The molecule has 1 N–H and O–H groups in total. The summed E-state index contributed by atoms with van der Waals surface area (Å²) in [5, 5.41) is 2.94. The number of hydrogen-bond acceptors (Lipinski definition) is 5. The van der Waals surface area contributed by atoms with Gasteiger partial charge >= 0.3 is 0 Å². The Kier molecular flexibility index (Phi) is 7.49. The van der Waals surface area contributed by atoms with Crippen molar-refractivity contribution in [3.63, 3.8) is 0 Å². The van der Waals surface area contributed by atoms with Gasteiger partial charge in [0.05, 0.1) is 9.71 Å². The van der Waals surface area contributed by atoms with Crippen molar-refractivity contribution >= 4 is 38.5 Å². The van der Waals surface area contributed by atoms with Crippen LogP contribution in [0, 0.1) is 0 Å². The molecule has 1 atom stereocenters. The zero-order valence-corrected chi connectivity index (χ0v) is 20.3. The molecule has 8 heteroatoms. The van der Waals surface area contributed by atoms with Crippen LogP contribution >= 0.6 is 0 Å². The fourth-order valence-corrected chi connectivity index (χ4v) is 5.30. The van der Waals surface area contributed by atoms with Crippen molar-refractivity contribution in [2.24, 2.45) is 0 Å². The van der Waals surface area contributed by atoms with Gasteiger partial charge in [-0.3, -0.25) is 9.78 Å². The molecule has 0 spiro atoms. The zero-order valence-electron chi connectivity index (χ0n) is 19.5. The quantitative estimate of drug-likeness (QED) is 0.504. The standard InChI is InChI=1S/C26H31N5O2S/c1-29(34(2,33)25-6-4-3-5-7-25)17-14-26(32)28-22-8-10-23(11-9-22)30-18-20-31(21-19-30)24-12-15-27-16-13-24/h3-13,15-16H,2,14,17-21H2,1H3,(H,28,32). The second kappa shape index (κ2) is 10.7. The van der Waals surface area contributed by atoms with E-state index in [1.807, 2.05) is 67.0 Å². The summed E-state index contributed by atoms with van der Waals surface area (Å²) >= 11 is 0. The van der Waals surface area contributed by atoms with E-state index < -0.39 is 9.71 Å². The molecule has 178 valence electrons. The Hall–Kier alpha value is -3.36. The molecule has 1 amide bonds. The maximum absolute atomic E-state index is 13.0. The predicted molar refractivity (Wildman–Crippen MR) is 141 cm³/mol. The van der Waals surface area contributed by atoms with Gasteiger partial charge in [0.2, 0.25) is 5.91 Å². The number of rotatable bonds is 8. The topological polar surface area (TPSA) is 68.8 Å². The molecule has 0 radical (unpaired) electrons. The Labute approximate surface area is 202 Å². The van der Waals surface area contributed by atoms with E-state index in [9.17, 15) is 9.00 Å². The number of pyridine rings is 1. The molecule has 34 heavy (non-hydrogen) atoms. The highest BCUT2D eigenvalue weighted by Crippen LogP contribution is 2.22. The van der Waals surface area contributed by atoms with Crippen molar-refractivity contribution in [3.8, 4) is 0 Å². The number of piperazine rings is 1. The molecular formula is C26H31N5O2S. The van der Waals surface area contributed by atoms with E-state index in [1.165, 1.54) is 5.69 Å². The summed E-state index contributed by atoms with van der Waals surface area (Å²) in [5.41, 5.74) is 3.11.